The highest BCUT2D eigenvalue weighted by Gasteiger charge is 2.26. The second-order valence-corrected chi connectivity index (χ2v) is 5.42. The number of aromatic nitrogens is 2. The molecule has 1 aliphatic rings. The average Bonchev–Trinajstić information content (AvgIpc) is 2.78. The van der Waals surface area contributed by atoms with Crippen LogP contribution < -0.4 is 11.1 Å². The van der Waals surface area contributed by atoms with Crippen LogP contribution in [0.1, 0.15) is 25.5 Å². The molecule has 2 rings (SSSR count). The smallest absolute Gasteiger partial charge is 0.0950 e. The van der Waals surface area contributed by atoms with Gasteiger partial charge in [0.05, 0.1) is 12.0 Å². The maximum absolute atomic E-state index is 5.51. The Morgan fingerprint density at radius 2 is 2.28 bits per heavy atom. The van der Waals surface area contributed by atoms with Crippen molar-refractivity contribution in [2.75, 3.05) is 26.3 Å². The molecule has 1 fully saturated rings. The zero-order valence-electron chi connectivity index (χ0n) is 11.2. The molecule has 1 saturated heterocycles. The monoisotopic (exact) mass is 252 g/mol. The topological polar surface area (TPSA) is 65.1 Å². The minimum absolute atomic E-state index is 0.373. The highest BCUT2D eigenvalue weighted by atomic mass is 16.5. The lowest BCUT2D eigenvalue weighted by molar-refractivity contribution is 0.0240. The number of nitrogens with two attached hydrogens (primary N) is 1. The van der Waals surface area contributed by atoms with E-state index in [1.165, 1.54) is 0 Å². The Balaban J connectivity index is 1.73. The van der Waals surface area contributed by atoms with Gasteiger partial charge in [0.25, 0.3) is 0 Å². The predicted octanol–water partition coefficient (Wildman–Crippen LogP) is 0.748. The number of nitrogens with one attached hydrogen (secondary N) is 1. The Hall–Kier alpha value is -0.910. The molecule has 1 aromatic heterocycles. The molecular formula is C13H24N4O. The summed E-state index contributed by atoms with van der Waals surface area (Å²) in [5.41, 5.74) is 6.96. The van der Waals surface area contributed by atoms with Crippen LogP contribution >= 0.6 is 0 Å². The molecule has 2 heterocycles. The lowest BCUT2D eigenvalue weighted by Gasteiger charge is -2.33. The molecule has 0 aliphatic carbocycles. The molecule has 0 aromatic carbocycles. The highest BCUT2D eigenvalue weighted by Crippen LogP contribution is 2.28. The quantitative estimate of drug-likeness (QED) is 0.784. The maximum atomic E-state index is 5.51. The summed E-state index contributed by atoms with van der Waals surface area (Å²) in [5.74, 6) is 0. The molecule has 0 atom stereocenters. The van der Waals surface area contributed by atoms with E-state index in [2.05, 4.69) is 23.4 Å². The van der Waals surface area contributed by atoms with Gasteiger partial charge in [-0.15, -0.1) is 0 Å². The number of rotatable bonds is 6. The third-order valence-corrected chi connectivity index (χ3v) is 3.63. The van der Waals surface area contributed by atoms with E-state index in [-0.39, 0.29) is 0 Å². The van der Waals surface area contributed by atoms with Gasteiger partial charge in [-0.25, -0.2) is 4.98 Å². The zero-order chi connectivity index (χ0) is 12.8. The van der Waals surface area contributed by atoms with Crippen LogP contribution in [-0.2, 0) is 17.8 Å². The van der Waals surface area contributed by atoms with Gasteiger partial charge in [0.15, 0.2) is 0 Å². The number of hydrogen-bond acceptors (Lipinski definition) is 4. The lowest BCUT2D eigenvalue weighted by atomic mass is 9.82. The first kappa shape index (κ1) is 13.5. The molecule has 0 saturated carbocycles. The fraction of sp³-hybridized carbons (Fsp3) is 0.769. The second-order valence-electron chi connectivity index (χ2n) is 5.42. The number of ether oxygens (including phenoxy) is 1. The van der Waals surface area contributed by atoms with E-state index in [1.54, 1.807) is 0 Å². The van der Waals surface area contributed by atoms with Crippen LogP contribution in [0.5, 0.6) is 0 Å². The number of hydrogen-bond donors (Lipinski definition) is 2. The van der Waals surface area contributed by atoms with Crippen molar-refractivity contribution < 1.29 is 4.74 Å². The van der Waals surface area contributed by atoms with Gasteiger partial charge in [0.1, 0.15) is 0 Å². The fourth-order valence-electron chi connectivity index (χ4n) is 2.30. The third kappa shape index (κ3) is 3.80. The van der Waals surface area contributed by atoms with Gasteiger partial charge in [0, 0.05) is 45.6 Å². The predicted molar refractivity (Wildman–Crippen MR) is 71.1 cm³/mol. The van der Waals surface area contributed by atoms with Crippen molar-refractivity contribution in [3.8, 4) is 0 Å². The average molecular weight is 252 g/mol. The summed E-state index contributed by atoms with van der Waals surface area (Å²) in [5, 5.41) is 3.50. The van der Waals surface area contributed by atoms with E-state index in [1.807, 2.05) is 10.9 Å². The molecule has 0 bridgehead atoms. The Morgan fingerprint density at radius 3 is 3.00 bits per heavy atom. The molecule has 0 radical (unpaired) electrons. The van der Waals surface area contributed by atoms with Crippen LogP contribution in [0.25, 0.3) is 0 Å². The molecule has 102 valence electrons. The van der Waals surface area contributed by atoms with Crippen LogP contribution in [0.3, 0.4) is 0 Å². The van der Waals surface area contributed by atoms with Crippen LogP contribution in [0, 0.1) is 5.41 Å². The number of nitrogens with zero attached hydrogens (tertiary/aromatic N) is 2. The maximum Gasteiger partial charge on any atom is 0.0950 e. The fourth-order valence-corrected chi connectivity index (χ4v) is 2.30. The highest BCUT2D eigenvalue weighted by molar-refractivity contribution is 4.96. The van der Waals surface area contributed by atoms with Crippen molar-refractivity contribution in [3.05, 3.63) is 18.2 Å². The molecule has 1 aliphatic heterocycles. The van der Waals surface area contributed by atoms with Crippen molar-refractivity contribution in [3.63, 3.8) is 0 Å². The zero-order valence-corrected chi connectivity index (χ0v) is 11.2. The lowest BCUT2D eigenvalue weighted by Crippen LogP contribution is -2.36. The van der Waals surface area contributed by atoms with Gasteiger partial charge in [-0.2, -0.15) is 0 Å². The van der Waals surface area contributed by atoms with Crippen molar-refractivity contribution in [2.24, 2.45) is 11.1 Å². The summed E-state index contributed by atoms with van der Waals surface area (Å²) in [6, 6.07) is 0. The summed E-state index contributed by atoms with van der Waals surface area (Å²) in [7, 11) is 0. The minimum Gasteiger partial charge on any atom is -0.381 e. The first-order valence-corrected chi connectivity index (χ1v) is 6.71. The van der Waals surface area contributed by atoms with Gasteiger partial charge in [-0.1, -0.05) is 6.92 Å². The van der Waals surface area contributed by atoms with Crippen molar-refractivity contribution in [1.82, 2.24) is 14.9 Å². The second kappa shape index (κ2) is 6.31. The van der Waals surface area contributed by atoms with Gasteiger partial charge >= 0.3 is 0 Å². The summed E-state index contributed by atoms with van der Waals surface area (Å²) >= 11 is 0. The van der Waals surface area contributed by atoms with E-state index in [0.29, 0.717) is 12.0 Å². The molecule has 0 spiro atoms. The number of imidazole rings is 1. The van der Waals surface area contributed by atoms with Crippen molar-refractivity contribution in [1.29, 1.82) is 0 Å². The molecule has 5 nitrogen and oxygen atoms in total. The summed E-state index contributed by atoms with van der Waals surface area (Å²) in [6.07, 6.45) is 6.19. The van der Waals surface area contributed by atoms with E-state index in [0.717, 1.165) is 51.4 Å². The van der Waals surface area contributed by atoms with Crippen LogP contribution in [0.4, 0.5) is 0 Å². The first-order chi connectivity index (χ1) is 8.72. The molecule has 5 heteroatoms. The minimum atomic E-state index is 0.373. The van der Waals surface area contributed by atoms with E-state index >= 15 is 0 Å². The van der Waals surface area contributed by atoms with E-state index in [9.17, 15) is 0 Å². The van der Waals surface area contributed by atoms with Crippen LogP contribution in [0.15, 0.2) is 12.5 Å². The van der Waals surface area contributed by atoms with Gasteiger partial charge < -0.3 is 20.4 Å². The summed E-state index contributed by atoms with van der Waals surface area (Å²) in [4.78, 5) is 4.36. The Bertz CT molecular complexity index is 358. The van der Waals surface area contributed by atoms with Crippen molar-refractivity contribution in [2.45, 2.75) is 32.9 Å². The van der Waals surface area contributed by atoms with Crippen molar-refractivity contribution >= 4 is 0 Å². The summed E-state index contributed by atoms with van der Waals surface area (Å²) in [6.45, 7) is 7.46. The Kier molecular flexibility index (Phi) is 4.74. The standard InChI is InChI=1S/C13H24N4O/c1-13(2-6-18-7-3-13)10-15-8-12-9-17(5-4-14)11-16-12/h9,11,15H,2-8,10,14H2,1H3. The Labute approximate surface area is 109 Å². The molecule has 0 amide bonds. The van der Waals surface area contributed by atoms with Crippen LogP contribution in [0.2, 0.25) is 0 Å². The molecule has 18 heavy (non-hydrogen) atoms. The van der Waals surface area contributed by atoms with Gasteiger partial charge in [-0.05, 0) is 18.3 Å². The third-order valence-electron chi connectivity index (χ3n) is 3.63. The molecule has 3 N–H and O–H groups in total. The summed E-state index contributed by atoms with van der Waals surface area (Å²) < 4.78 is 7.44. The molecule has 0 unspecified atom stereocenters. The SMILES string of the molecule is CC1(CNCc2cn(CCN)cn2)CCOCC1. The van der Waals surface area contributed by atoms with Gasteiger partial charge in [0.2, 0.25) is 0 Å². The van der Waals surface area contributed by atoms with Gasteiger partial charge in [-0.3, -0.25) is 0 Å². The molecule has 1 aromatic rings. The first-order valence-electron chi connectivity index (χ1n) is 6.71. The van der Waals surface area contributed by atoms with E-state index in [4.69, 9.17) is 10.5 Å². The Morgan fingerprint density at radius 1 is 1.50 bits per heavy atom. The normalized spacial score (nSPS) is 19.0. The van der Waals surface area contributed by atoms with Crippen LogP contribution in [-0.4, -0.2) is 35.9 Å². The van der Waals surface area contributed by atoms with E-state index < -0.39 is 0 Å². The molecular weight excluding hydrogens is 228 g/mol. The largest absolute Gasteiger partial charge is 0.381 e.